The lowest BCUT2D eigenvalue weighted by Crippen LogP contribution is -2.35. The molecule has 2 aromatic rings. The van der Waals surface area contributed by atoms with Crippen molar-refractivity contribution < 1.29 is 14.3 Å². The van der Waals surface area contributed by atoms with Crippen LogP contribution < -0.4 is 10.1 Å². The van der Waals surface area contributed by atoms with E-state index in [1.165, 1.54) is 4.90 Å². The molecule has 26 heavy (non-hydrogen) atoms. The van der Waals surface area contributed by atoms with Crippen molar-refractivity contribution in [2.75, 3.05) is 25.5 Å². The Hall–Kier alpha value is -2.24. The fourth-order valence-electron chi connectivity index (χ4n) is 2.25. The number of amides is 2. The summed E-state index contributed by atoms with van der Waals surface area (Å²) < 4.78 is 5.56. The molecule has 138 valence electrons. The Morgan fingerprint density at radius 1 is 1.12 bits per heavy atom. The summed E-state index contributed by atoms with van der Waals surface area (Å²) in [7, 11) is 1.56. The number of likely N-dealkylation sites (N-methyl/N-ethyl adjacent to an activating group) is 1. The number of hydrogen-bond acceptors (Lipinski definition) is 3. The van der Waals surface area contributed by atoms with Gasteiger partial charge in [0.2, 0.25) is 11.8 Å². The van der Waals surface area contributed by atoms with Crippen molar-refractivity contribution in [1.29, 1.82) is 0 Å². The molecule has 0 aliphatic heterocycles. The molecule has 0 aliphatic carbocycles. The van der Waals surface area contributed by atoms with E-state index >= 15 is 0 Å². The maximum Gasteiger partial charge on any atom is 0.244 e. The summed E-state index contributed by atoms with van der Waals surface area (Å²) in [6.45, 7) is 2.10. The molecule has 2 amide bonds. The van der Waals surface area contributed by atoms with Gasteiger partial charge in [-0.1, -0.05) is 41.4 Å². The first-order valence-corrected chi connectivity index (χ1v) is 8.79. The van der Waals surface area contributed by atoms with Crippen LogP contribution in [0.5, 0.6) is 5.75 Å². The molecule has 0 spiro atoms. The van der Waals surface area contributed by atoms with E-state index in [0.717, 1.165) is 5.56 Å². The first-order chi connectivity index (χ1) is 12.4. The summed E-state index contributed by atoms with van der Waals surface area (Å²) in [5, 5.41) is 3.30. The van der Waals surface area contributed by atoms with Gasteiger partial charge in [-0.05, 0) is 36.8 Å². The number of carbonyl (C=O) groups is 2. The van der Waals surface area contributed by atoms with Crippen LogP contribution in [-0.2, 0) is 9.59 Å². The summed E-state index contributed by atoms with van der Waals surface area (Å²) in [6, 6.07) is 12.5. The molecule has 0 radical (unpaired) electrons. The molecule has 2 aromatic carbocycles. The number of hydrogen-bond donors (Lipinski definition) is 1. The van der Waals surface area contributed by atoms with E-state index in [0.29, 0.717) is 21.5 Å². The Morgan fingerprint density at radius 3 is 2.42 bits per heavy atom. The van der Waals surface area contributed by atoms with E-state index in [2.05, 4.69) is 5.32 Å². The van der Waals surface area contributed by atoms with Crippen molar-refractivity contribution in [2.45, 2.75) is 13.3 Å². The maximum atomic E-state index is 12.1. The fourth-order valence-corrected chi connectivity index (χ4v) is 2.74. The second-order valence-electron chi connectivity index (χ2n) is 5.81. The average Bonchev–Trinajstić information content (AvgIpc) is 2.58. The minimum Gasteiger partial charge on any atom is -0.493 e. The van der Waals surface area contributed by atoms with Gasteiger partial charge in [0.1, 0.15) is 5.75 Å². The van der Waals surface area contributed by atoms with Crippen LogP contribution >= 0.6 is 23.2 Å². The van der Waals surface area contributed by atoms with Gasteiger partial charge in [-0.3, -0.25) is 9.59 Å². The molecule has 0 fully saturated rings. The Bertz CT molecular complexity index is 776. The predicted molar refractivity (Wildman–Crippen MR) is 104 cm³/mol. The number of halogens is 2. The molecular formula is C19H20Cl2N2O3. The molecule has 1 N–H and O–H groups in total. The number of carbonyl (C=O) groups excluding carboxylic acids is 2. The normalized spacial score (nSPS) is 10.3. The lowest BCUT2D eigenvalue weighted by atomic mass is 10.2. The van der Waals surface area contributed by atoms with Crippen LogP contribution in [0.25, 0.3) is 0 Å². The Balaban J connectivity index is 1.80. The highest BCUT2D eigenvalue weighted by atomic mass is 35.5. The maximum absolute atomic E-state index is 12.1. The van der Waals surface area contributed by atoms with Gasteiger partial charge in [0, 0.05) is 7.05 Å². The molecular weight excluding hydrogens is 375 g/mol. The highest BCUT2D eigenvalue weighted by molar-refractivity contribution is 6.39. The van der Waals surface area contributed by atoms with Gasteiger partial charge < -0.3 is 15.0 Å². The van der Waals surface area contributed by atoms with Gasteiger partial charge >= 0.3 is 0 Å². The van der Waals surface area contributed by atoms with Gasteiger partial charge in [0.15, 0.2) is 0 Å². The molecule has 5 nitrogen and oxygen atoms in total. The van der Waals surface area contributed by atoms with E-state index < -0.39 is 0 Å². The summed E-state index contributed by atoms with van der Waals surface area (Å²) in [5.74, 6) is 0.139. The minimum atomic E-state index is -0.379. The number of benzene rings is 2. The number of para-hydroxylation sites is 1. The number of nitrogens with zero attached hydrogens (tertiary/aromatic N) is 1. The summed E-state index contributed by atoms with van der Waals surface area (Å²) >= 11 is 12.0. The summed E-state index contributed by atoms with van der Waals surface area (Å²) in [6.07, 6.45) is 0.171. The van der Waals surface area contributed by atoms with Gasteiger partial charge in [0.05, 0.1) is 35.3 Å². The molecule has 0 aromatic heterocycles. The number of aryl methyl sites for hydroxylation is 1. The lowest BCUT2D eigenvalue weighted by Gasteiger charge is -2.17. The predicted octanol–water partition coefficient (Wildman–Crippen LogP) is 4.17. The summed E-state index contributed by atoms with van der Waals surface area (Å²) in [4.78, 5) is 25.6. The Morgan fingerprint density at radius 2 is 1.77 bits per heavy atom. The molecule has 2 rings (SSSR count). The van der Waals surface area contributed by atoms with Gasteiger partial charge in [-0.15, -0.1) is 0 Å². The highest BCUT2D eigenvalue weighted by Gasteiger charge is 2.15. The summed E-state index contributed by atoms with van der Waals surface area (Å²) in [5.41, 5.74) is 1.42. The standard InChI is InChI=1S/C19H20Cl2N2O3/c1-13-5-3-6-14(11-13)26-10-9-18(25)23(2)12-17(24)22-19-15(20)7-4-8-16(19)21/h3-8,11H,9-10,12H2,1-2H3,(H,22,24). The number of rotatable bonds is 7. The number of anilines is 1. The SMILES string of the molecule is Cc1cccc(OCCC(=O)N(C)CC(=O)Nc2c(Cl)cccc2Cl)c1. The van der Waals surface area contributed by atoms with Crippen molar-refractivity contribution in [3.8, 4) is 5.75 Å². The van der Waals surface area contributed by atoms with Gasteiger partial charge in [-0.2, -0.15) is 0 Å². The first kappa shape index (κ1) is 20.1. The van der Waals surface area contributed by atoms with E-state index in [4.69, 9.17) is 27.9 Å². The van der Waals surface area contributed by atoms with Crippen LogP contribution in [0.2, 0.25) is 10.0 Å². The van der Waals surface area contributed by atoms with E-state index in [-0.39, 0.29) is 31.4 Å². The third-order valence-electron chi connectivity index (χ3n) is 3.61. The molecule has 0 unspecified atom stereocenters. The zero-order valence-corrected chi connectivity index (χ0v) is 16.1. The highest BCUT2D eigenvalue weighted by Crippen LogP contribution is 2.29. The minimum absolute atomic E-state index is 0.106. The third kappa shape index (κ3) is 5.93. The second-order valence-corrected chi connectivity index (χ2v) is 6.62. The van der Waals surface area contributed by atoms with E-state index in [9.17, 15) is 9.59 Å². The molecule has 0 bridgehead atoms. The van der Waals surface area contributed by atoms with Crippen LogP contribution in [0.15, 0.2) is 42.5 Å². The zero-order valence-electron chi connectivity index (χ0n) is 14.6. The van der Waals surface area contributed by atoms with Crippen molar-refractivity contribution in [2.24, 2.45) is 0 Å². The largest absolute Gasteiger partial charge is 0.493 e. The quantitative estimate of drug-likeness (QED) is 0.766. The average molecular weight is 395 g/mol. The van der Waals surface area contributed by atoms with E-state index in [1.54, 1.807) is 25.2 Å². The number of ether oxygens (including phenoxy) is 1. The van der Waals surface area contributed by atoms with Crippen molar-refractivity contribution in [3.05, 3.63) is 58.1 Å². The van der Waals surface area contributed by atoms with Crippen molar-refractivity contribution in [1.82, 2.24) is 4.90 Å². The first-order valence-electron chi connectivity index (χ1n) is 8.04. The van der Waals surface area contributed by atoms with Crippen LogP contribution in [0.4, 0.5) is 5.69 Å². The second kappa shape index (κ2) is 9.46. The zero-order chi connectivity index (χ0) is 19.1. The molecule has 0 saturated heterocycles. The van der Waals surface area contributed by atoms with E-state index in [1.807, 2.05) is 31.2 Å². The molecule has 0 heterocycles. The Labute approximate surface area is 162 Å². The third-order valence-corrected chi connectivity index (χ3v) is 4.24. The molecule has 0 saturated carbocycles. The molecule has 0 aliphatic rings. The molecule has 7 heteroatoms. The topological polar surface area (TPSA) is 58.6 Å². The fraction of sp³-hybridized carbons (Fsp3) is 0.263. The Kier molecular flexibility index (Phi) is 7.30. The van der Waals surface area contributed by atoms with Crippen molar-refractivity contribution in [3.63, 3.8) is 0 Å². The monoisotopic (exact) mass is 394 g/mol. The van der Waals surface area contributed by atoms with Gasteiger partial charge in [0.25, 0.3) is 0 Å². The van der Waals surface area contributed by atoms with Crippen LogP contribution in [-0.4, -0.2) is 36.9 Å². The van der Waals surface area contributed by atoms with Crippen LogP contribution in [0, 0.1) is 6.92 Å². The van der Waals surface area contributed by atoms with Crippen LogP contribution in [0.1, 0.15) is 12.0 Å². The van der Waals surface area contributed by atoms with Gasteiger partial charge in [-0.25, -0.2) is 0 Å². The van der Waals surface area contributed by atoms with Crippen LogP contribution in [0.3, 0.4) is 0 Å². The lowest BCUT2D eigenvalue weighted by molar-refractivity contribution is -0.133. The molecule has 0 atom stereocenters. The van der Waals surface area contributed by atoms with Crippen molar-refractivity contribution >= 4 is 40.7 Å². The number of nitrogens with one attached hydrogen (secondary N) is 1. The smallest absolute Gasteiger partial charge is 0.244 e.